The molecule has 0 saturated heterocycles. The molecule has 2 aromatic rings. The molecule has 3 nitrogen and oxygen atoms in total. The van der Waals surface area contributed by atoms with Gasteiger partial charge in [0.25, 0.3) is 0 Å². The first-order valence-electron chi connectivity index (χ1n) is 13.3. The van der Waals surface area contributed by atoms with Gasteiger partial charge in [-0.2, -0.15) is 0 Å². The minimum Gasteiger partial charge on any atom is -0.486 e. The molecule has 0 radical (unpaired) electrons. The lowest BCUT2D eigenvalue weighted by Crippen LogP contribution is -2.30. The molecule has 2 aliphatic carbocycles. The average Bonchev–Trinajstić information content (AvgIpc) is 2.90. The van der Waals surface area contributed by atoms with Crippen LogP contribution in [-0.2, 0) is 0 Å². The molecule has 2 fully saturated rings. The summed E-state index contributed by atoms with van der Waals surface area (Å²) in [5.74, 6) is -2.26. The molecule has 4 atom stereocenters. The van der Waals surface area contributed by atoms with Gasteiger partial charge in [0.1, 0.15) is 12.4 Å². The van der Waals surface area contributed by atoms with E-state index in [0.29, 0.717) is 17.4 Å². The second-order valence-electron chi connectivity index (χ2n) is 10.3. The van der Waals surface area contributed by atoms with Crippen molar-refractivity contribution >= 4 is 5.97 Å². The van der Waals surface area contributed by atoms with E-state index in [0.717, 1.165) is 44.1 Å². The van der Waals surface area contributed by atoms with Crippen molar-refractivity contribution in [1.29, 1.82) is 0 Å². The molecule has 4 rings (SSSR count). The number of hydrogen-bond donors (Lipinski definition) is 0. The van der Waals surface area contributed by atoms with Gasteiger partial charge in [0, 0.05) is 6.07 Å². The van der Waals surface area contributed by atoms with E-state index >= 15 is 8.78 Å². The maximum Gasteiger partial charge on any atom is 0.346 e. The van der Waals surface area contributed by atoms with Gasteiger partial charge in [-0.1, -0.05) is 30.7 Å². The van der Waals surface area contributed by atoms with Crippen molar-refractivity contribution in [3.63, 3.8) is 0 Å². The molecule has 2 aromatic carbocycles. The third-order valence-corrected chi connectivity index (χ3v) is 7.96. The molecule has 0 spiro atoms. The number of benzene rings is 2. The van der Waals surface area contributed by atoms with Crippen LogP contribution in [0.15, 0.2) is 55.1 Å². The Morgan fingerprint density at radius 1 is 1.03 bits per heavy atom. The summed E-state index contributed by atoms with van der Waals surface area (Å²) < 4.78 is 54.8. The van der Waals surface area contributed by atoms with Crippen LogP contribution >= 0.6 is 0 Å². The summed E-state index contributed by atoms with van der Waals surface area (Å²) in [7, 11) is 0. The number of halogens is 3. The number of ether oxygens (including phenoxy) is 2. The normalized spacial score (nSPS) is 23.5. The SMILES string of the molecule is C=CCCC1CCC2CC(c3ccc(C(=O)Oc4ccc(OC/C=C/C)c(F)c4)c(F)c3F)CCC2C1. The summed E-state index contributed by atoms with van der Waals surface area (Å²) in [5.41, 5.74) is -0.179. The van der Waals surface area contributed by atoms with Gasteiger partial charge in [0.15, 0.2) is 23.2 Å². The Balaban J connectivity index is 1.40. The van der Waals surface area contributed by atoms with Crippen molar-refractivity contribution in [2.75, 3.05) is 6.61 Å². The minimum atomic E-state index is -1.22. The third-order valence-electron chi connectivity index (χ3n) is 7.96. The van der Waals surface area contributed by atoms with Gasteiger partial charge in [0.05, 0.1) is 5.56 Å². The number of esters is 1. The van der Waals surface area contributed by atoms with Crippen molar-refractivity contribution in [3.05, 3.63) is 83.7 Å². The van der Waals surface area contributed by atoms with Crippen molar-refractivity contribution < 1.29 is 27.4 Å². The molecular formula is C31H35F3O3. The molecule has 0 aromatic heterocycles. The van der Waals surface area contributed by atoms with Gasteiger partial charge in [-0.25, -0.2) is 18.0 Å². The highest BCUT2D eigenvalue weighted by molar-refractivity contribution is 5.91. The quantitative estimate of drug-likeness (QED) is 0.192. The van der Waals surface area contributed by atoms with Crippen molar-refractivity contribution in [3.8, 4) is 11.5 Å². The lowest BCUT2D eigenvalue weighted by Gasteiger charge is -2.42. The van der Waals surface area contributed by atoms with Crippen LogP contribution in [0.2, 0.25) is 0 Å². The highest BCUT2D eigenvalue weighted by atomic mass is 19.2. The summed E-state index contributed by atoms with van der Waals surface area (Å²) in [6.07, 6.45) is 13.9. The zero-order valence-corrected chi connectivity index (χ0v) is 21.4. The van der Waals surface area contributed by atoms with Crippen molar-refractivity contribution in [2.24, 2.45) is 17.8 Å². The topological polar surface area (TPSA) is 35.5 Å². The fourth-order valence-corrected chi connectivity index (χ4v) is 5.98. The Hall–Kier alpha value is -3.02. The van der Waals surface area contributed by atoms with Gasteiger partial charge in [0.2, 0.25) is 0 Å². The van der Waals surface area contributed by atoms with E-state index in [1.165, 1.54) is 43.5 Å². The lowest BCUT2D eigenvalue weighted by atomic mass is 9.63. The summed E-state index contributed by atoms with van der Waals surface area (Å²) in [6, 6.07) is 6.44. The Morgan fingerprint density at radius 2 is 1.81 bits per heavy atom. The summed E-state index contributed by atoms with van der Waals surface area (Å²) in [5, 5.41) is 0. The Morgan fingerprint density at radius 3 is 2.57 bits per heavy atom. The van der Waals surface area contributed by atoms with E-state index in [2.05, 4.69) is 6.58 Å². The van der Waals surface area contributed by atoms with Gasteiger partial charge < -0.3 is 9.47 Å². The first kappa shape index (κ1) is 27.0. The molecule has 0 N–H and O–H groups in total. The highest BCUT2D eigenvalue weighted by Crippen LogP contribution is 2.49. The number of fused-ring (bicyclic) bond motifs is 1. The zero-order valence-electron chi connectivity index (χ0n) is 21.4. The number of rotatable bonds is 9. The predicted octanol–water partition coefficient (Wildman–Crippen LogP) is 8.54. The third kappa shape index (κ3) is 6.46. The maximum absolute atomic E-state index is 15.2. The molecular weight excluding hydrogens is 477 g/mol. The molecule has 0 bridgehead atoms. The van der Waals surface area contributed by atoms with Crippen LogP contribution in [0.1, 0.15) is 80.1 Å². The van der Waals surface area contributed by atoms with E-state index in [-0.39, 0.29) is 24.0 Å². The Bertz CT molecular complexity index is 1140. The minimum absolute atomic E-state index is 0.000511. The van der Waals surface area contributed by atoms with E-state index < -0.39 is 29.0 Å². The van der Waals surface area contributed by atoms with Gasteiger partial charge in [-0.15, -0.1) is 6.58 Å². The predicted molar refractivity (Wildman–Crippen MR) is 138 cm³/mol. The summed E-state index contributed by atoms with van der Waals surface area (Å²) in [4.78, 5) is 12.6. The average molecular weight is 513 g/mol. The van der Waals surface area contributed by atoms with Gasteiger partial charge >= 0.3 is 5.97 Å². The summed E-state index contributed by atoms with van der Waals surface area (Å²) in [6.45, 7) is 5.84. The Kier molecular flexibility index (Phi) is 9.12. The van der Waals surface area contributed by atoms with Crippen LogP contribution in [0.5, 0.6) is 11.5 Å². The second-order valence-corrected chi connectivity index (χ2v) is 10.3. The summed E-state index contributed by atoms with van der Waals surface area (Å²) >= 11 is 0. The fourth-order valence-electron chi connectivity index (χ4n) is 5.98. The smallest absolute Gasteiger partial charge is 0.346 e. The Labute approximate surface area is 217 Å². The molecule has 37 heavy (non-hydrogen) atoms. The van der Waals surface area contributed by atoms with E-state index in [4.69, 9.17) is 9.47 Å². The van der Waals surface area contributed by atoms with Crippen LogP contribution in [0.4, 0.5) is 13.2 Å². The molecule has 2 saturated carbocycles. The first-order valence-corrected chi connectivity index (χ1v) is 13.3. The number of carbonyl (C=O) groups excluding carboxylic acids is 1. The standard InChI is InChI=1S/C31H35F3O3/c1-3-5-7-20-8-9-22-18-23(11-10-21(22)17-20)25-13-14-26(30(34)29(25)33)31(35)37-24-12-15-28(27(32)19-24)36-16-6-4-2/h3-4,6,12-15,19-23H,1,5,7-11,16-18H2,2H3/b6-4+. The van der Waals surface area contributed by atoms with Crippen LogP contribution in [0.25, 0.3) is 0 Å². The molecule has 4 unspecified atom stereocenters. The molecule has 2 aliphatic rings. The van der Waals surface area contributed by atoms with Gasteiger partial charge in [-0.3, -0.25) is 0 Å². The maximum atomic E-state index is 15.2. The van der Waals surface area contributed by atoms with E-state index in [1.54, 1.807) is 12.2 Å². The molecule has 0 heterocycles. The highest BCUT2D eigenvalue weighted by Gasteiger charge is 2.37. The monoisotopic (exact) mass is 512 g/mol. The van der Waals surface area contributed by atoms with Crippen LogP contribution in [0, 0.1) is 35.2 Å². The van der Waals surface area contributed by atoms with Crippen LogP contribution in [0.3, 0.4) is 0 Å². The largest absolute Gasteiger partial charge is 0.486 e. The number of allylic oxidation sites excluding steroid dienone is 2. The zero-order chi connectivity index (χ0) is 26.4. The van der Waals surface area contributed by atoms with E-state index in [1.807, 2.05) is 13.0 Å². The van der Waals surface area contributed by atoms with Crippen molar-refractivity contribution in [2.45, 2.75) is 64.2 Å². The van der Waals surface area contributed by atoms with Gasteiger partial charge in [-0.05, 0) is 99.3 Å². The molecule has 198 valence electrons. The first-order chi connectivity index (χ1) is 17.9. The van der Waals surface area contributed by atoms with Crippen LogP contribution < -0.4 is 9.47 Å². The molecule has 0 aliphatic heterocycles. The second kappa shape index (κ2) is 12.5. The molecule has 0 amide bonds. The number of hydrogen-bond acceptors (Lipinski definition) is 3. The van der Waals surface area contributed by atoms with E-state index in [9.17, 15) is 9.18 Å². The fraction of sp³-hybridized carbons (Fsp3) is 0.452. The van der Waals surface area contributed by atoms with Crippen molar-refractivity contribution in [1.82, 2.24) is 0 Å². The molecule has 6 heteroatoms. The van der Waals surface area contributed by atoms with Crippen LogP contribution in [-0.4, -0.2) is 12.6 Å². The lowest BCUT2D eigenvalue weighted by molar-refractivity contribution is 0.0727. The number of carbonyl (C=O) groups is 1.